The quantitative estimate of drug-likeness (QED) is 0.181. The van der Waals surface area contributed by atoms with Gasteiger partial charge in [-0.05, 0) is 60.9 Å². The number of imidazole rings is 1. The number of benzene rings is 3. The first-order valence-corrected chi connectivity index (χ1v) is 14.1. The SMILES string of the molecule is Cc1cccc(Cl)c1CNC(=O)C(C)n1cc[n+](CC(OCc2ccc(Cl)cc2Cl)c2ccc(Cl)cc2Cl)c1. The molecule has 0 saturated carbocycles. The van der Waals surface area contributed by atoms with E-state index in [1.165, 1.54) is 0 Å². The summed E-state index contributed by atoms with van der Waals surface area (Å²) in [7, 11) is 0. The van der Waals surface area contributed by atoms with Crippen LogP contribution in [0.2, 0.25) is 25.1 Å². The molecule has 4 rings (SSSR count). The van der Waals surface area contributed by atoms with Gasteiger partial charge in [-0.15, -0.1) is 0 Å². The molecule has 3 aromatic carbocycles. The number of carbonyl (C=O) groups is 1. The van der Waals surface area contributed by atoms with E-state index in [9.17, 15) is 4.79 Å². The van der Waals surface area contributed by atoms with Gasteiger partial charge in [-0.2, -0.15) is 0 Å². The second kappa shape index (κ2) is 13.4. The summed E-state index contributed by atoms with van der Waals surface area (Å²) in [6.07, 6.45) is 5.18. The van der Waals surface area contributed by atoms with Crippen LogP contribution in [-0.4, -0.2) is 10.5 Å². The van der Waals surface area contributed by atoms with Crippen molar-refractivity contribution in [2.45, 2.75) is 45.7 Å². The highest BCUT2D eigenvalue weighted by molar-refractivity contribution is 6.35. The fourth-order valence-electron chi connectivity index (χ4n) is 4.12. The average molecular weight is 627 g/mol. The first-order valence-electron chi connectivity index (χ1n) is 12.2. The van der Waals surface area contributed by atoms with Crippen LogP contribution in [0.3, 0.4) is 0 Å². The number of hydrogen-bond acceptors (Lipinski definition) is 2. The lowest BCUT2D eigenvalue weighted by atomic mass is 10.1. The molecule has 0 aliphatic rings. The van der Waals surface area contributed by atoms with Crippen LogP contribution in [0.1, 0.15) is 41.3 Å². The van der Waals surface area contributed by atoms with Gasteiger partial charge in [0.25, 0.3) is 5.91 Å². The van der Waals surface area contributed by atoms with Crippen LogP contribution in [-0.2, 0) is 29.2 Å². The lowest BCUT2D eigenvalue weighted by Crippen LogP contribution is -2.36. The van der Waals surface area contributed by atoms with Crippen molar-refractivity contribution in [3.05, 3.63) is 121 Å². The van der Waals surface area contributed by atoms with Gasteiger partial charge in [0.05, 0.1) is 6.61 Å². The number of nitrogens with one attached hydrogen (secondary N) is 1. The molecule has 5 nitrogen and oxygen atoms in total. The van der Waals surface area contributed by atoms with E-state index in [4.69, 9.17) is 62.7 Å². The van der Waals surface area contributed by atoms with Crippen molar-refractivity contribution in [2.75, 3.05) is 0 Å². The lowest BCUT2D eigenvalue weighted by molar-refractivity contribution is -0.705. The summed E-state index contributed by atoms with van der Waals surface area (Å²) in [6.45, 7) is 4.85. The normalized spacial score (nSPS) is 12.8. The summed E-state index contributed by atoms with van der Waals surface area (Å²) in [6, 6.07) is 15.8. The molecule has 0 radical (unpaired) electrons. The van der Waals surface area contributed by atoms with Crippen LogP contribution in [0.4, 0.5) is 0 Å². The number of carbonyl (C=O) groups excluding carboxylic acids is 1. The first-order chi connectivity index (χ1) is 18.6. The first kappa shape index (κ1) is 29.7. The van der Waals surface area contributed by atoms with Crippen molar-refractivity contribution in [1.29, 1.82) is 0 Å². The van der Waals surface area contributed by atoms with Crippen molar-refractivity contribution >= 4 is 63.9 Å². The summed E-state index contributed by atoms with van der Waals surface area (Å²) in [5.41, 5.74) is 3.52. The van der Waals surface area contributed by atoms with E-state index < -0.39 is 12.1 Å². The Balaban J connectivity index is 1.47. The zero-order valence-corrected chi connectivity index (χ0v) is 25.1. The predicted octanol–water partition coefficient (Wildman–Crippen LogP) is 8.19. The van der Waals surface area contributed by atoms with Gasteiger partial charge < -0.3 is 10.1 Å². The summed E-state index contributed by atoms with van der Waals surface area (Å²) in [4.78, 5) is 12.9. The third-order valence-electron chi connectivity index (χ3n) is 6.47. The van der Waals surface area contributed by atoms with E-state index in [1.807, 2.05) is 72.0 Å². The number of aromatic nitrogens is 2. The molecule has 0 spiro atoms. The molecule has 39 heavy (non-hydrogen) atoms. The summed E-state index contributed by atoms with van der Waals surface area (Å²) < 4.78 is 10.1. The number of hydrogen-bond donors (Lipinski definition) is 1. The van der Waals surface area contributed by atoms with E-state index >= 15 is 0 Å². The molecule has 4 aromatic rings. The third-order valence-corrected chi connectivity index (χ3v) is 7.98. The van der Waals surface area contributed by atoms with Gasteiger partial charge >= 0.3 is 0 Å². The Morgan fingerprint density at radius 1 is 0.974 bits per heavy atom. The van der Waals surface area contributed by atoms with E-state index in [0.717, 1.165) is 22.3 Å². The molecule has 1 amide bonds. The molecule has 2 unspecified atom stereocenters. The molecule has 2 atom stereocenters. The maximum Gasteiger partial charge on any atom is 0.265 e. The molecule has 10 heteroatoms. The van der Waals surface area contributed by atoms with Crippen molar-refractivity contribution in [3.63, 3.8) is 0 Å². The minimum Gasteiger partial charge on any atom is -0.365 e. The van der Waals surface area contributed by atoms with E-state index in [2.05, 4.69) is 5.32 Å². The molecule has 0 aliphatic carbocycles. The maximum atomic E-state index is 12.9. The molecule has 0 fully saturated rings. The van der Waals surface area contributed by atoms with Gasteiger partial charge in [-0.3, -0.25) is 4.79 Å². The molecule has 204 valence electrons. The zero-order valence-electron chi connectivity index (χ0n) is 21.3. The molecule has 1 heterocycles. The highest BCUT2D eigenvalue weighted by Gasteiger charge is 2.24. The molecule has 0 saturated heterocycles. The fraction of sp³-hybridized carbons (Fsp3) is 0.241. The molecular formula is C29H27Cl5N3O2+. The number of rotatable bonds is 10. The van der Waals surface area contributed by atoms with Gasteiger partial charge in [-0.1, -0.05) is 82.3 Å². The second-order valence-corrected chi connectivity index (χ2v) is 11.3. The van der Waals surface area contributed by atoms with Crippen molar-refractivity contribution in [2.24, 2.45) is 0 Å². The van der Waals surface area contributed by atoms with E-state index in [0.29, 0.717) is 38.2 Å². The number of nitrogens with zero attached hydrogens (tertiary/aromatic N) is 2. The number of amides is 1. The Bertz CT molecular complexity index is 1450. The van der Waals surface area contributed by atoms with Gasteiger partial charge in [-0.25, -0.2) is 9.13 Å². The largest absolute Gasteiger partial charge is 0.365 e. The maximum absolute atomic E-state index is 12.9. The van der Waals surface area contributed by atoms with Crippen LogP contribution >= 0.6 is 58.0 Å². The summed E-state index contributed by atoms with van der Waals surface area (Å²) >= 11 is 31.4. The van der Waals surface area contributed by atoms with Gasteiger partial charge in [0, 0.05) is 37.2 Å². The average Bonchev–Trinajstić information content (AvgIpc) is 3.35. The Hall–Kier alpha value is -2.25. The van der Waals surface area contributed by atoms with Crippen molar-refractivity contribution in [3.8, 4) is 0 Å². The standard InChI is InChI=1S/C29H26Cl5N3O2/c1-18-4-3-5-25(32)24(18)14-35-29(38)19(2)37-11-10-36(17-37)15-28(23-9-8-22(31)13-27(23)34)39-16-20-6-7-21(30)12-26(20)33/h3-13,17,19,28H,14-16H2,1-2H3/p+1. The zero-order chi connectivity index (χ0) is 28.1. The van der Waals surface area contributed by atoms with E-state index in [-0.39, 0.29) is 12.5 Å². The molecular weight excluding hydrogens is 600 g/mol. The minimum absolute atomic E-state index is 0.122. The summed E-state index contributed by atoms with van der Waals surface area (Å²) in [5.74, 6) is -0.122. The molecule has 1 N–H and O–H groups in total. The highest BCUT2D eigenvalue weighted by atomic mass is 35.5. The lowest BCUT2D eigenvalue weighted by Gasteiger charge is -2.19. The molecule has 1 aromatic heterocycles. The fourth-order valence-corrected chi connectivity index (χ4v) is 5.40. The highest BCUT2D eigenvalue weighted by Crippen LogP contribution is 2.31. The Morgan fingerprint density at radius 2 is 1.69 bits per heavy atom. The van der Waals surface area contributed by atoms with Gasteiger partial charge in [0.1, 0.15) is 25.0 Å². The minimum atomic E-state index is -0.444. The van der Waals surface area contributed by atoms with Crippen LogP contribution in [0.25, 0.3) is 0 Å². The number of halogens is 5. The Labute approximate surface area is 253 Å². The van der Waals surface area contributed by atoms with Crippen LogP contribution in [0.15, 0.2) is 73.3 Å². The molecule has 0 bridgehead atoms. The predicted molar refractivity (Wildman–Crippen MR) is 158 cm³/mol. The van der Waals surface area contributed by atoms with Crippen LogP contribution < -0.4 is 9.88 Å². The smallest absolute Gasteiger partial charge is 0.265 e. The monoisotopic (exact) mass is 624 g/mol. The van der Waals surface area contributed by atoms with Crippen LogP contribution in [0, 0.1) is 6.92 Å². The van der Waals surface area contributed by atoms with E-state index in [1.54, 1.807) is 24.3 Å². The number of aryl methyl sites for hydroxylation is 1. The molecule has 0 aliphatic heterocycles. The topological polar surface area (TPSA) is 47.1 Å². The summed E-state index contributed by atoms with van der Waals surface area (Å²) in [5, 5.41) is 5.73. The van der Waals surface area contributed by atoms with Crippen molar-refractivity contribution < 1.29 is 14.1 Å². The second-order valence-electron chi connectivity index (χ2n) is 9.19. The van der Waals surface area contributed by atoms with Gasteiger partial charge in [0.2, 0.25) is 6.33 Å². The number of ether oxygens (including phenoxy) is 1. The third kappa shape index (κ3) is 7.69. The van der Waals surface area contributed by atoms with Crippen molar-refractivity contribution in [1.82, 2.24) is 9.88 Å². The Kier molecular flexibility index (Phi) is 10.2. The van der Waals surface area contributed by atoms with Crippen LogP contribution in [0.5, 0.6) is 0 Å². The van der Waals surface area contributed by atoms with Gasteiger partial charge in [0.15, 0.2) is 6.04 Å². The Morgan fingerprint density at radius 3 is 2.38 bits per heavy atom.